The van der Waals surface area contributed by atoms with Gasteiger partial charge >= 0.3 is 6.01 Å². The first-order chi connectivity index (χ1) is 9.45. The third-order valence-electron chi connectivity index (χ3n) is 2.70. The van der Waals surface area contributed by atoms with E-state index in [1.807, 2.05) is 0 Å². The van der Waals surface area contributed by atoms with Crippen LogP contribution in [0.5, 0.6) is 6.01 Å². The second-order valence-corrected chi connectivity index (χ2v) is 6.11. The number of hydrogen-bond acceptors (Lipinski definition) is 6. The van der Waals surface area contributed by atoms with Gasteiger partial charge in [-0.1, -0.05) is 6.07 Å². The first-order valence-corrected chi connectivity index (χ1v) is 7.50. The van der Waals surface area contributed by atoms with Gasteiger partial charge in [-0.25, -0.2) is 18.4 Å². The summed E-state index contributed by atoms with van der Waals surface area (Å²) in [6, 6.07) is 4.56. The van der Waals surface area contributed by atoms with Crippen molar-refractivity contribution < 1.29 is 17.9 Å². The molecule has 0 saturated carbocycles. The summed E-state index contributed by atoms with van der Waals surface area (Å²) in [5, 5.41) is 0. The van der Waals surface area contributed by atoms with Crippen molar-refractivity contribution in [3.8, 4) is 17.1 Å². The summed E-state index contributed by atoms with van der Waals surface area (Å²) in [5.74, 6) is 0. The number of aromatic nitrogens is 2. The van der Waals surface area contributed by atoms with Crippen molar-refractivity contribution in [2.24, 2.45) is 0 Å². The van der Waals surface area contributed by atoms with Gasteiger partial charge in [0.15, 0.2) is 16.1 Å². The molecule has 1 aromatic heterocycles. The minimum absolute atomic E-state index is 0.0952. The molecule has 1 heterocycles. The molecular formula is C13H12N2O4S. The maximum atomic E-state index is 11.5. The molecule has 104 valence electrons. The second kappa shape index (κ2) is 5.38. The SMILES string of the molecule is COc1ncc(-c2ccc(S(C)(=O)=O)cc2C=O)cn1. The molecule has 20 heavy (non-hydrogen) atoms. The molecule has 7 heteroatoms. The van der Waals surface area contributed by atoms with Crippen LogP contribution < -0.4 is 4.74 Å². The Morgan fingerprint density at radius 1 is 1.20 bits per heavy atom. The summed E-state index contributed by atoms with van der Waals surface area (Å²) in [4.78, 5) is 19.1. The average molecular weight is 292 g/mol. The Labute approximate surface area is 116 Å². The van der Waals surface area contributed by atoms with E-state index in [0.29, 0.717) is 17.4 Å². The van der Waals surface area contributed by atoms with Crippen molar-refractivity contribution in [3.05, 3.63) is 36.2 Å². The minimum Gasteiger partial charge on any atom is -0.467 e. The molecule has 0 unspecified atom stereocenters. The van der Waals surface area contributed by atoms with Crippen molar-refractivity contribution in [1.29, 1.82) is 0 Å². The third-order valence-corrected chi connectivity index (χ3v) is 3.81. The van der Waals surface area contributed by atoms with Crippen LogP contribution >= 0.6 is 0 Å². The number of nitrogens with zero attached hydrogens (tertiary/aromatic N) is 2. The van der Waals surface area contributed by atoms with Gasteiger partial charge in [0.1, 0.15) is 0 Å². The fourth-order valence-corrected chi connectivity index (χ4v) is 2.35. The van der Waals surface area contributed by atoms with Crippen LogP contribution in [0.1, 0.15) is 10.4 Å². The molecule has 0 radical (unpaired) electrons. The Hall–Kier alpha value is -2.28. The Kier molecular flexibility index (Phi) is 3.80. The molecule has 0 aliphatic carbocycles. The number of carbonyl (C=O) groups excluding carboxylic acids is 1. The Balaban J connectivity index is 2.53. The lowest BCUT2D eigenvalue weighted by atomic mass is 10.0. The lowest BCUT2D eigenvalue weighted by molar-refractivity contribution is 0.112. The van der Waals surface area contributed by atoms with Gasteiger partial charge in [-0.3, -0.25) is 4.79 Å². The molecular weight excluding hydrogens is 280 g/mol. The Bertz CT molecular complexity index is 739. The zero-order valence-electron chi connectivity index (χ0n) is 10.9. The van der Waals surface area contributed by atoms with E-state index in [0.717, 1.165) is 6.26 Å². The highest BCUT2D eigenvalue weighted by atomic mass is 32.2. The van der Waals surface area contributed by atoms with Gasteiger partial charge in [0.2, 0.25) is 0 Å². The molecule has 0 aliphatic rings. The van der Waals surface area contributed by atoms with Crippen molar-refractivity contribution >= 4 is 16.1 Å². The van der Waals surface area contributed by atoms with Crippen molar-refractivity contribution in [1.82, 2.24) is 9.97 Å². The van der Waals surface area contributed by atoms with Gasteiger partial charge in [-0.05, 0) is 17.7 Å². The highest BCUT2D eigenvalue weighted by Crippen LogP contribution is 2.24. The number of benzene rings is 1. The summed E-state index contributed by atoms with van der Waals surface area (Å²) in [5.41, 5.74) is 1.43. The summed E-state index contributed by atoms with van der Waals surface area (Å²) >= 11 is 0. The quantitative estimate of drug-likeness (QED) is 0.791. The fourth-order valence-electron chi connectivity index (χ4n) is 1.69. The molecule has 2 aromatic rings. The number of ether oxygens (including phenoxy) is 1. The van der Waals surface area contributed by atoms with Crippen LogP contribution in [0.4, 0.5) is 0 Å². The summed E-state index contributed by atoms with van der Waals surface area (Å²) in [6.07, 6.45) is 4.71. The first-order valence-electron chi connectivity index (χ1n) is 5.61. The van der Waals surface area contributed by atoms with Crippen molar-refractivity contribution in [2.75, 3.05) is 13.4 Å². The molecule has 0 fully saturated rings. The maximum Gasteiger partial charge on any atom is 0.316 e. The van der Waals surface area contributed by atoms with Crippen LogP contribution in [-0.2, 0) is 9.84 Å². The molecule has 0 saturated heterocycles. The normalized spacial score (nSPS) is 11.1. The van der Waals surface area contributed by atoms with Crippen LogP contribution in [0.15, 0.2) is 35.5 Å². The van der Waals surface area contributed by atoms with E-state index < -0.39 is 9.84 Å². The third kappa shape index (κ3) is 2.83. The summed E-state index contributed by atoms with van der Waals surface area (Å²) in [7, 11) is -1.90. The predicted octanol–water partition coefficient (Wildman–Crippen LogP) is 1.37. The van der Waals surface area contributed by atoms with Gasteiger partial charge in [0, 0.05) is 29.8 Å². The number of rotatable bonds is 4. The Morgan fingerprint density at radius 3 is 2.35 bits per heavy atom. The van der Waals surface area contributed by atoms with Gasteiger partial charge in [0.05, 0.1) is 12.0 Å². The number of sulfone groups is 1. The molecule has 0 atom stereocenters. The molecule has 0 bridgehead atoms. The van der Waals surface area contributed by atoms with E-state index >= 15 is 0 Å². The van der Waals surface area contributed by atoms with Crippen LogP contribution in [0, 0.1) is 0 Å². The Morgan fingerprint density at radius 2 is 1.85 bits per heavy atom. The highest BCUT2D eigenvalue weighted by Gasteiger charge is 2.12. The predicted molar refractivity (Wildman–Crippen MR) is 72.5 cm³/mol. The molecule has 1 aromatic carbocycles. The van der Waals surface area contributed by atoms with Crippen LogP contribution in [0.3, 0.4) is 0 Å². The van der Waals surface area contributed by atoms with E-state index in [2.05, 4.69) is 9.97 Å². The summed E-state index contributed by atoms with van der Waals surface area (Å²) in [6.45, 7) is 0. The van der Waals surface area contributed by atoms with Crippen LogP contribution in [-0.4, -0.2) is 38.0 Å². The number of methoxy groups -OCH3 is 1. The zero-order chi connectivity index (χ0) is 14.8. The van der Waals surface area contributed by atoms with Crippen LogP contribution in [0.2, 0.25) is 0 Å². The fraction of sp³-hybridized carbons (Fsp3) is 0.154. The van der Waals surface area contributed by atoms with E-state index in [4.69, 9.17) is 4.74 Å². The largest absolute Gasteiger partial charge is 0.467 e. The van der Waals surface area contributed by atoms with Crippen molar-refractivity contribution in [3.63, 3.8) is 0 Å². The second-order valence-electron chi connectivity index (χ2n) is 4.10. The van der Waals surface area contributed by atoms with Gasteiger partial charge < -0.3 is 4.74 Å². The summed E-state index contributed by atoms with van der Waals surface area (Å²) < 4.78 is 27.8. The average Bonchev–Trinajstić information content (AvgIpc) is 2.45. The zero-order valence-corrected chi connectivity index (χ0v) is 11.7. The molecule has 0 N–H and O–H groups in total. The molecule has 6 nitrogen and oxygen atoms in total. The topological polar surface area (TPSA) is 86.2 Å². The van der Waals surface area contributed by atoms with Crippen molar-refractivity contribution in [2.45, 2.75) is 4.90 Å². The van der Waals surface area contributed by atoms with E-state index in [1.54, 1.807) is 6.07 Å². The van der Waals surface area contributed by atoms with Gasteiger partial charge in [-0.2, -0.15) is 0 Å². The van der Waals surface area contributed by atoms with Gasteiger partial charge in [0.25, 0.3) is 0 Å². The molecule has 2 rings (SSSR count). The molecule has 0 spiro atoms. The maximum absolute atomic E-state index is 11.5. The number of carbonyl (C=O) groups is 1. The van der Waals surface area contributed by atoms with E-state index in [9.17, 15) is 13.2 Å². The lowest BCUT2D eigenvalue weighted by Gasteiger charge is -2.07. The van der Waals surface area contributed by atoms with E-state index in [-0.39, 0.29) is 16.5 Å². The standard InChI is InChI=1S/C13H12N2O4S/c1-19-13-14-6-10(7-15-13)12-4-3-11(20(2,17)18)5-9(12)8-16/h3-8H,1-2H3. The molecule has 0 amide bonds. The first kappa shape index (κ1) is 14.1. The highest BCUT2D eigenvalue weighted by molar-refractivity contribution is 7.90. The monoisotopic (exact) mass is 292 g/mol. The smallest absolute Gasteiger partial charge is 0.316 e. The van der Waals surface area contributed by atoms with E-state index in [1.165, 1.54) is 31.6 Å². The molecule has 0 aliphatic heterocycles. The lowest BCUT2D eigenvalue weighted by Crippen LogP contribution is -2.00. The number of hydrogen-bond donors (Lipinski definition) is 0. The number of aldehydes is 1. The van der Waals surface area contributed by atoms with Gasteiger partial charge in [-0.15, -0.1) is 0 Å². The minimum atomic E-state index is -3.36. The van der Waals surface area contributed by atoms with Crippen LogP contribution in [0.25, 0.3) is 11.1 Å².